The van der Waals surface area contributed by atoms with Gasteiger partial charge in [0.15, 0.2) is 0 Å². The molecule has 1 saturated heterocycles. The summed E-state index contributed by atoms with van der Waals surface area (Å²) in [6.45, 7) is 1.75. The average molecular weight is 201 g/mol. The van der Waals surface area contributed by atoms with Gasteiger partial charge in [-0.3, -0.25) is 9.20 Å². The second-order valence-electron chi connectivity index (χ2n) is 3.72. The molecule has 76 valence electrons. The summed E-state index contributed by atoms with van der Waals surface area (Å²) in [7, 11) is 0. The molecule has 0 aromatic carbocycles. The van der Waals surface area contributed by atoms with Crippen molar-refractivity contribution in [2.24, 2.45) is 0 Å². The number of hydrogen-bond acceptors (Lipinski definition) is 2. The molecule has 0 unspecified atom stereocenters. The molecule has 2 aromatic rings. The molecular formula is C11H11N3O. The zero-order valence-electron chi connectivity index (χ0n) is 8.26. The van der Waals surface area contributed by atoms with Gasteiger partial charge in [-0.1, -0.05) is 6.07 Å². The molecular weight excluding hydrogens is 190 g/mol. The summed E-state index contributed by atoms with van der Waals surface area (Å²) < 4.78 is 1.83. The molecule has 0 spiro atoms. The molecule has 15 heavy (non-hydrogen) atoms. The highest BCUT2D eigenvalue weighted by Crippen LogP contribution is 2.13. The summed E-state index contributed by atoms with van der Waals surface area (Å²) in [6, 6.07) is 5.72. The summed E-state index contributed by atoms with van der Waals surface area (Å²) in [5.74, 6) is 0.0833. The van der Waals surface area contributed by atoms with E-state index in [1.54, 1.807) is 6.20 Å². The molecule has 3 rings (SSSR count). The monoisotopic (exact) mass is 201 g/mol. The minimum absolute atomic E-state index is 0.0833. The van der Waals surface area contributed by atoms with Crippen molar-refractivity contribution in [1.29, 1.82) is 0 Å². The van der Waals surface area contributed by atoms with E-state index in [1.807, 2.05) is 33.7 Å². The average Bonchev–Trinajstić information content (AvgIpc) is 2.58. The maximum absolute atomic E-state index is 12.0. The fourth-order valence-electron chi connectivity index (χ4n) is 1.77. The van der Waals surface area contributed by atoms with Crippen LogP contribution in [0, 0.1) is 0 Å². The fraction of sp³-hybridized carbons (Fsp3) is 0.273. The van der Waals surface area contributed by atoms with Crippen LogP contribution in [0.3, 0.4) is 0 Å². The van der Waals surface area contributed by atoms with Crippen LogP contribution < -0.4 is 0 Å². The Balaban J connectivity index is 2.06. The number of aromatic nitrogens is 2. The number of pyridine rings is 1. The molecule has 0 atom stereocenters. The van der Waals surface area contributed by atoms with Gasteiger partial charge in [0.1, 0.15) is 11.3 Å². The topological polar surface area (TPSA) is 37.6 Å². The lowest BCUT2D eigenvalue weighted by Gasteiger charge is -2.30. The molecule has 4 nitrogen and oxygen atoms in total. The molecule has 0 radical (unpaired) electrons. The predicted molar refractivity (Wildman–Crippen MR) is 55.7 cm³/mol. The van der Waals surface area contributed by atoms with Crippen LogP contribution in [-0.4, -0.2) is 33.3 Å². The van der Waals surface area contributed by atoms with Gasteiger partial charge >= 0.3 is 0 Å². The third-order valence-electron chi connectivity index (χ3n) is 2.78. The third kappa shape index (κ3) is 1.21. The van der Waals surface area contributed by atoms with E-state index in [0.29, 0.717) is 5.69 Å². The van der Waals surface area contributed by atoms with Crippen LogP contribution in [-0.2, 0) is 0 Å². The first kappa shape index (κ1) is 8.47. The van der Waals surface area contributed by atoms with Crippen LogP contribution in [0.4, 0.5) is 0 Å². The van der Waals surface area contributed by atoms with Crippen LogP contribution in [0.15, 0.2) is 30.6 Å². The Hall–Kier alpha value is -1.84. The van der Waals surface area contributed by atoms with Crippen molar-refractivity contribution in [2.45, 2.75) is 6.42 Å². The number of carbonyl (C=O) groups is 1. The standard InChI is InChI=1S/C11H11N3O/c15-11(13-5-3-6-13)9-8-12-10-4-1-2-7-14(9)10/h1-2,4,7-8H,3,5-6H2. The van der Waals surface area contributed by atoms with E-state index >= 15 is 0 Å². The van der Waals surface area contributed by atoms with Crippen LogP contribution in [0.2, 0.25) is 0 Å². The number of imidazole rings is 1. The largest absolute Gasteiger partial charge is 0.337 e. The van der Waals surface area contributed by atoms with Gasteiger partial charge in [0.25, 0.3) is 5.91 Å². The summed E-state index contributed by atoms with van der Waals surface area (Å²) in [5.41, 5.74) is 1.48. The lowest BCUT2D eigenvalue weighted by molar-refractivity contribution is 0.0644. The molecule has 1 aliphatic heterocycles. The summed E-state index contributed by atoms with van der Waals surface area (Å²) in [4.78, 5) is 18.0. The lowest BCUT2D eigenvalue weighted by Crippen LogP contribution is -2.42. The van der Waals surface area contributed by atoms with Crippen molar-refractivity contribution < 1.29 is 4.79 Å². The molecule has 1 amide bonds. The maximum atomic E-state index is 12.0. The van der Waals surface area contributed by atoms with Crippen molar-refractivity contribution >= 4 is 11.6 Å². The number of hydrogen-bond donors (Lipinski definition) is 0. The zero-order valence-corrected chi connectivity index (χ0v) is 8.26. The van der Waals surface area contributed by atoms with Gasteiger partial charge in [-0.25, -0.2) is 4.98 Å². The highest BCUT2D eigenvalue weighted by atomic mass is 16.2. The first-order valence-corrected chi connectivity index (χ1v) is 5.07. The highest BCUT2D eigenvalue weighted by Gasteiger charge is 2.23. The predicted octanol–water partition coefficient (Wildman–Crippen LogP) is 1.18. The van der Waals surface area contributed by atoms with E-state index in [0.717, 1.165) is 25.2 Å². The molecule has 2 aromatic heterocycles. The first-order chi connectivity index (χ1) is 7.36. The van der Waals surface area contributed by atoms with Gasteiger partial charge in [0.2, 0.25) is 0 Å². The molecule has 0 N–H and O–H groups in total. The fourth-order valence-corrected chi connectivity index (χ4v) is 1.77. The van der Waals surface area contributed by atoms with Crippen LogP contribution >= 0.6 is 0 Å². The third-order valence-corrected chi connectivity index (χ3v) is 2.78. The number of carbonyl (C=O) groups excluding carboxylic acids is 1. The van der Waals surface area contributed by atoms with Crippen molar-refractivity contribution in [2.75, 3.05) is 13.1 Å². The van der Waals surface area contributed by atoms with Gasteiger partial charge in [0.05, 0.1) is 6.20 Å². The van der Waals surface area contributed by atoms with Crippen molar-refractivity contribution in [3.05, 3.63) is 36.3 Å². The number of rotatable bonds is 1. The van der Waals surface area contributed by atoms with Gasteiger partial charge in [0, 0.05) is 19.3 Å². The second kappa shape index (κ2) is 3.08. The quantitative estimate of drug-likeness (QED) is 0.694. The van der Waals surface area contributed by atoms with Gasteiger partial charge in [-0.2, -0.15) is 0 Å². The van der Waals surface area contributed by atoms with Crippen molar-refractivity contribution in [3.8, 4) is 0 Å². The number of fused-ring (bicyclic) bond motifs is 1. The minimum Gasteiger partial charge on any atom is -0.337 e. The van der Waals surface area contributed by atoms with Gasteiger partial charge < -0.3 is 4.90 Å². The molecule has 1 aliphatic rings. The lowest BCUT2D eigenvalue weighted by atomic mass is 10.2. The Morgan fingerprint density at radius 3 is 2.93 bits per heavy atom. The van der Waals surface area contributed by atoms with Gasteiger partial charge in [-0.15, -0.1) is 0 Å². The molecule has 0 aliphatic carbocycles. The summed E-state index contributed by atoms with van der Waals surface area (Å²) in [6.07, 6.45) is 4.63. The number of nitrogens with zero attached hydrogens (tertiary/aromatic N) is 3. The minimum atomic E-state index is 0.0833. The van der Waals surface area contributed by atoms with E-state index in [2.05, 4.69) is 4.98 Å². The van der Waals surface area contributed by atoms with E-state index in [4.69, 9.17) is 0 Å². The summed E-state index contributed by atoms with van der Waals surface area (Å²) in [5, 5.41) is 0. The SMILES string of the molecule is O=C(c1cnc2ccccn12)N1CCC1. The smallest absolute Gasteiger partial charge is 0.272 e. The normalized spacial score (nSPS) is 15.3. The molecule has 0 bridgehead atoms. The van der Waals surface area contributed by atoms with Crippen molar-refractivity contribution in [1.82, 2.24) is 14.3 Å². The second-order valence-corrected chi connectivity index (χ2v) is 3.72. The van der Waals surface area contributed by atoms with E-state index in [9.17, 15) is 4.79 Å². The molecule has 0 saturated carbocycles. The van der Waals surface area contributed by atoms with Crippen LogP contribution in [0.25, 0.3) is 5.65 Å². The Morgan fingerprint density at radius 1 is 1.33 bits per heavy atom. The molecule has 3 heterocycles. The number of likely N-dealkylation sites (tertiary alicyclic amines) is 1. The van der Waals surface area contributed by atoms with Crippen LogP contribution in [0.5, 0.6) is 0 Å². The van der Waals surface area contributed by atoms with E-state index < -0.39 is 0 Å². The Bertz CT molecular complexity index is 513. The summed E-state index contributed by atoms with van der Waals surface area (Å²) >= 11 is 0. The Labute approximate surface area is 87.1 Å². The first-order valence-electron chi connectivity index (χ1n) is 5.07. The highest BCUT2D eigenvalue weighted by molar-refractivity contribution is 5.93. The maximum Gasteiger partial charge on any atom is 0.272 e. The Morgan fingerprint density at radius 2 is 2.20 bits per heavy atom. The van der Waals surface area contributed by atoms with Gasteiger partial charge in [-0.05, 0) is 18.6 Å². The van der Waals surface area contributed by atoms with E-state index in [-0.39, 0.29) is 5.91 Å². The zero-order chi connectivity index (χ0) is 10.3. The number of amides is 1. The van der Waals surface area contributed by atoms with Crippen molar-refractivity contribution in [3.63, 3.8) is 0 Å². The Kier molecular flexibility index (Phi) is 1.74. The van der Waals surface area contributed by atoms with Crippen LogP contribution in [0.1, 0.15) is 16.9 Å². The molecule has 4 heteroatoms. The molecule has 1 fully saturated rings. The van der Waals surface area contributed by atoms with E-state index in [1.165, 1.54) is 0 Å².